The molecule has 0 fully saturated rings. The van der Waals surface area contributed by atoms with E-state index in [2.05, 4.69) is 284 Å². The Hall–Kier alpha value is -9.97. The fraction of sp³-hybridized carbons (Fsp3) is 0.0417. The van der Waals surface area contributed by atoms with Crippen molar-refractivity contribution in [2.45, 2.75) is 19.3 Å². The molecule has 0 saturated carbocycles. The molecule has 5 heteroatoms. The number of benzene rings is 11. The second kappa shape index (κ2) is 17.6. The van der Waals surface area contributed by atoms with E-state index in [4.69, 9.17) is 15.0 Å². The summed E-state index contributed by atoms with van der Waals surface area (Å²) in [5, 5.41) is 4.78. The normalized spacial score (nSPS) is 12.6. The van der Waals surface area contributed by atoms with Crippen molar-refractivity contribution in [3.05, 3.63) is 272 Å². The van der Waals surface area contributed by atoms with E-state index in [0.717, 1.165) is 66.7 Å². The lowest BCUT2D eigenvalue weighted by Gasteiger charge is -2.21. The van der Waals surface area contributed by atoms with Gasteiger partial charge in [0.15, 0.2) is 17.5 Å². The predicted octanol–water partition coefficient (Wildman–Crippen LogP) is 18.4. The molecular formula is C72H49N5. The Bertz CT molecular complexity index is 4640. The minimum absolute atomic E-state index is 0.136. The summed E-state index contributed by atoms with van der Waals surface area (Å²) in [4.78, 5) is 16.5. The Morgan fingerprint density at radius 1 is 0.286 bits per heavy atom. The maximum atomic E-state index is 5.55. The summed E-state index contributed by atoms with van der Waals surface area (Å²) in [6.45, 7) is 4.64. The van der Waals surface area contributed by atoms with Crippen molar-refractivity contribution < 1.29 is 0 Å². The van der Waals surface area contributed by atoms with E-state index in [9.17, 15) is 0 Å². The molecule has 15 rings (SSSR count). The summed E-state index contributed by atoms with van der Waals surface area (Å²) in [6, 6.07) is 93.9. The summed E-state index contributed by atoms with van der Waals surface area (Å²) < 4.78 is 4.84. The van der Waals surface area contributed by atoms with Crippen molar-refractivity contribution in [2.24, 2.45) is 0 Å². The lowest BCUT2D eigenvalue weighted by Crippen LogP contribution is -2.14. The first-order chi connectivity index (χ1) is 38.0. The van der Waals surface area contributed by atoms with Crippen LogP contribution in [-0.2, 0) is 5.41 Å². The van der Waals surface area contributed by atoms with E-state index in [1.165, 1.54) is 60.6 Å². The summed E-state index contributed by atoms with van der Waals surface area (Å²) in [7, 11) is 0. The lowest BCUT2D eigenvalue weighted by atomic mass is 9.82. The number of para-hydroxylation sites is 3. The van der Waals surface area contributed by atoms with Crippen molar-refractivity contribution >= 4 is 43.6 Å². The summed E-state index contributed by atoms with van der Waals surface area (Å²) in [6.07, 6.45) is 0. The topological polar surface area (TPSA) is 48.5 Å². The molecule has 0 atom stereocenters. The zero-order valence-corrected chi connectivity index (χ0v) is 42.6. The maximum Gasteiger partial charge on any atom is 0.166 e. The fourth-order valence-corrected chi connectivity index (χ4v) is 12.4. The van der Waals surface area contributed by atoms with Gasteiger partial charge < -0.3 is 9.13 Å². The lowest BCUT2D eigenvalue weighted by molar-refractivity contribution is 0.660. The number of hydrogen-bond acceptors (Lipinski definition) is 3. The first-order valence-electron chi connectivity index (χ1n) is 26.4. The Morgan fingerprint density at radius 3 is 1.42 bits per heavy atom. The van der Waals surface area contributed by atoms with Crippen LogP contribution >= 0.6 is 0 Å². The third kappa shape index (κ3) is 7.12. The molecule has 11 aromatic carbocycles. The van der Waals surface area contributed by atoms with Crippen molar-refractivity contribution in [3.63, 3.8) is 0 Å². The van der Waals surface area contributed by atoms with Crippen LogP contribution < -0.4 is 0 Å². The Balaban J connectivity index is 0.992. The molecule has 0 radical (unpaired) electrons. The molecule has 0 N–H and O–H groups in total. The van der Waals surface area contributed by atoms with Crippen LogP contribution in [-0.4, -0.2) is 24.1 Å². The molecule has 0 aliphatic heterocycles. The van der Waals surface area contributed by atoms with Crippen LogP contribution in [0.4, 0.5) is 0 Å². The van der Waals surface area contributed by atoms with Gasteiger partial charge in [-0.1, -0.05) is 214 Å². The highest BCUT2D eigenvalue weighted by Gasteiger charge is 2.35. The zero-order valence-electron chi connectivity index (χ0n) is 42.6. The fourth-order valence-electron chi connectivity index (χ4n) is 12.4. The highest BCUT2D eigenvalue weighted by atomic mass is 15.1. The van der Waals surface area contributed by atoms with Crippen LogP contribution in [0.2, 0.25) is 0 Å². The number of rotatable bonds is 8. The van der Waals surface area contributed by atoms with Crippen molar-refractivity contribution in [2.75, 3.05) is 0 Å². The summed E-state index contributed by atoms with van der Waals surface area (Å²) in [5.74, 6) is 1.81. The monoisotopic (exact) mass is 983 g/mol. The van der Waals surface area contributed by atoms with E-state index in [0.29, 0.717) is 17.5 Å². The average molecular weight is 984 g/mol. The van der Waals surface area contributed by atoms with Gasteiger partial charge in [0.1, 0.15) is 0 Å². The van der Waals surface area contributed by atoms with Crippen LogP contribution in [0.1, 0.15) is 25.0 Å². The third-order valence-electron chi connectivity index (χ3n) is 16.0. The van der Waals surface area contributed by atoms with Crippen molar-refractivity contribution in [1.29, 1.82) is 0 Å². The van der Waals surface area contributed by atoms with Crippen molar-refractivity contribution in [1.82, 2.24) is 24.1 Å². The van der Waals surface area contributed by atoms with Gasteiger partial charge in [0.25, 0.3) is 0 Å². The quantitative estimate of drug-likeness (QED) is 0.152. The van der Waals surface area contributed by atoms with Crippen LogP contribution in [0.5, 0.6) is 0 Å². The molecule has 3 heterocycles. The first-order valence-corrected chi connectivity index (χ1v) is 26.4. The molecule has 0 saturated heterocycles. The van der Waals surface area contributed by atoms with Gasteiger partial charge in [-0.25, -0.2) is 15.0 Å². The van der Waals surface area contributed by atoms with Gasteiger partial charge in [-0.15, -0.1) is 0 Å². The van der Waals surface area contributed by atoms with E-state index in [-0.39, 0.29) is 5.41 Å². The third-order valence-corrected chi connectivity index (χ3v) is 16.0. The standard InChI is InChI=1S/C72H49N5/c1-72(2)60-34-15-12-29-53(60)59-44-51(40-42-61(59)72)70-73-69(50-26-18-25-48(43-50)46-21-6-3-7-22-46)74-71(75-70)58-41-39-49(47-23-8-4-9-24-47)45-66(58)77-63-36-17-14-31-57(63)68-55(33-20-38-65(68)77)54-32-19-37-64-67(54)56-30-13-16-35-62(56)76(64)52-27-10-5-11-28-52/h3-45H,1-2H3. The SMILES string of the molecule is CC1(C)c2ccccc2-c2cc(-c3nc(-c4cccc(-c5ccccc5)c4)nc(-c4ccc(-c5ccccc5)cc4-n4c5ccccc5c5c(-c6cccc7c6c6ccccc6n7-c6ccccc6)cccc54)n3)ccc21. The molecule has 0 spiro atoms. The van der Waals surface area contributed by atoms with Gasteiger partial charge in [0, 0.05) is 49.3 Å². The average Bonchev–Trinajstić information content (AvgIpc) is 4.11. The highest BCUT2D eigenvalue weighted by Crippen LogP contribution is 2.50. The predicted molar refractivity (Wildman–Crippen MR) is 319 cm³/mol. The Labute approximate surface area is 446 Å². The van der Waals surface area contributed by atoms with Gasteiger partial charge in [0.05, 0.1) is 27.8 Å². The molecular weight excluding hydrogens is 935 g/mol. The number of nitrogens with zero attached hydrogens (tertiary/aromatic N) is 5. The highest BCUT2D eigenvalue weighted by molar-refractivity contribution is 6.22. The van der Waals surface area contributed by atoms with Crippen molar-refractivity contribution in [3.8, 4) is 90.0 Å². The van der Waals surface area contributed by atoms with E-state index in [1.807, 2.05) is 0 Å². The first kappa shape index (κ1) is 44.5. The van der Waals surface area contributed by atoms with Crippen LogP contribution in [0.25, 0.3) is 134 Å². The molecule has 0 unspecified atom stereocenters. The number of aromatic nitrogens is 5. The summed E-state index contributed by atoms with van der Waals surface area (Å²) in [5.41, 5.74) is 21.1. The van der Waals surface area contributed by atoms with Crippen LogP contribution in [0.3, 0.4) is 0 Å². The second-order valence-electron chi connectivity index (χ2n) is 20.7. The Morgan fingerprint density at radius 2 is 0.740 bits per heavy atom. The molecule has 1 aliphatic carbocycles. The van der Waals surface area contributed by atoms with E-state index < -0.39 is 0 Å². The van der Waals surface area contributed by atoms with E-state index in [1.54, 1.807) is 0 Å². The molecule has 5 nitrogen and oxygen atoms in total. The molecule has 1 aliphatic rings. The Kier molecular flexibility index (Phi) is 10.2. The second-order valence-corrected chi connectivity index (χ2v) is 20.7. The van der Waals surface area contributed by atoms with Crippen LogP contribution in [0, 0.1) is 0 Å². The number of hydrogen-bond donors (Lipinski definition) is 0. The van der Waals surface area contributed by atoms with Gasteiger partial charge in [0.2, 0.25) is 0 Å². The minimum atomic E-state index is -0.136. The molecule has 0 amide bonds. The summed E-state index contributed by atoms with van der Waals surface area (Å²) >= 11 is 0. The van der Waals surface area contributed by atoms with Gasteiger partial charge in [-0.05, 0) is 116 Å². The van der Waals surface area contributed by atoms with E-state index >= 15 is 0 Å². The van der Waals surface area contributed by atoms with Gasteiger partial charge in [-0.2, -0.15) is 0 Å². The number of fused-ring (bicyclic) bond motifs is 9. The molecule has 14 aromatic rings. The van der Waals surface area contributed by atoms with Gasteiger partial charge in [-0.3, -0.25) is 0 Å². The maximum absolute atomic E-state index is 5.55. The minimum Gasteiger partial charge on any atom is -0.309 e. The molecule has 3 aromatic heterocycles. The smallest absolute Gasteiger partial charge is 0.166 e. The van der Waals surface area contributed by atoms with Crippen LogP contribution in [0.15, 0.2) is 261 Å². The molecule has 362 valence electrons. The molecule has 77 heavy (non-hydrogen) atoms. The largest absolute Gasteiger partial charge is 0.309 e. The molecule has 0 bridgehead atoms. The zero-order chi connectivity index (χ0) is 51.2. The van der Waals surface area contributed by atoms with Gasteiger partial charge >= 0.3 is 0 Å².